The number of para-hydroxylation sites is 2. The molecule has 0 unspecified atom stereocenters. The molecule has 0 atom stereocenters. The number of nitrogens with zero attached hydrogens (tertiary/aromatic N) is 1. The maximum absolute atomic E-state index is 11.6. The van der Waals surface area contributed by atoms with Crippen molar-refractivity contribution in [1.82, 2.24) is 5.43 Å². The lowest BCUT2D eigenvalue weighted by molar-refractivity contribution is -0.123. The molecule has 1 rings (SSSR count). The number of amides is 1. The lowest BCUT2D eigenvalue weighted by atomic mass is 10.1. The molecule has 110 valence electrons. The number of benzene rings is 1. The smallest absolute Gasteiger partial charge is 0.277 e. The number of hydrogen-bond donors (Lipinski definition) is 1. The summed E-state index contributed by atoms with van der Waals surface area (Å²) in [6.07, 6.45) is 3.78. The van der Waals surface area contributed by atoms with Crippen LogP contribution in [0.25, 0.3) is 0 Å². The molecule has 1 N–H and O–H groups in total. The number of rotatable bonds is 8. The standard InChI is InChI=1S/C15H22N2O3/c1-4-12(5-2)10-16-17-15(18)11-20-14-9-7-6-8-13(14)19-3/h6-10,12H,4-5,11H2,1-3H3,(H,17,18). The lowest BCUT2D eigenvalue weighted by Gasteiger charge is -2.09. The van der Waals surface area contributed by atoms with Gasteiger partial charge in [0.1, 0.15) is 0 Å². The highest BCUT2D eigenvalue weighted by molar-refractivity contribution is 5.78. The first-order chi connectivity index (χ1) is 9.71. The molecule has 0 radical (unpaired) electrons. The topological polar surface area (TPSA) is 59.9 Å². The number of nitrogens with one attached hydrogen (secondary N) is 1. The Morgan fingerprint density at radius 3 is 2.55 bits per heavy atom. The van der Waals surface area contributed by atoms with E-state index in [1.807, 2.05) is 12.1 Å². The number of hydrazone groups is 1. The van der Waals surface area contributed by atoms with Crippen LogP contribution in [0, 0.1) is 5.92 Å². The first-order valence-corrected chi connectivity index (χ1v) is 6.79. The van der Waals surface area contributed by atoms with Gasteiger partial charge in [0.15, 0.2) is 18.1 Å². The fourth-order valence-corrected chi connectivity index (χ4v) is 1.63. The molecule has 0 aliphatic heterocycles. The first kappa shape index (κ1) is 16.0. The second-order valence-corrected chi connectivity index (χ2v) is 4.33. The molecular weight excluding hydrogens is 256 g/mol. The van der Waals surface area contributed by atoms with Gasteiger partial charge in [0, 0.05) is 6.21 Å². The third-order valence-corrected chi connectivity index (χ3v) is 2.95. The van der Waals surface area contributed by atoms with Crippen LogP contribution < -0.4 is 14.9 Å². The Bertz CT molecular complexity index is 442. The third-order valence-electron chi connectivity index (χ3n) is 2.95. The van der Waals surface area contributed by atoms with Gasteiger partial charge in [0.25, 0.3) is 5.91 Å². The molecule has 5 heteroatoms. The predicted octanol–water partition coefficient (Wildman–Crippen LogP) is 2.61. The summed E-state index contributed by atoms with van der Waals surface area (Å²) < 4.78 is 10.5. The van der Waals surface area contributed by atoms with Crippen LogP contribution in [0.1, 0.15) is 26.7 Å². The van der Waals surface area contributed by atoms with Crippen molar-refractivity contribution in [2.45, 2.75) is 26.7 Å². The summed E-state index contributed by atoms with van der Waals surface area (Å²) in [5.74, 6) is 1.23. The van der Waals surface area contributed by atoms with Gasteiger partial charge in [-0.15, -0.1) is 0 Å². The summed E-state index contributed by atoms with van der Waals surface area (Å²) in [4.78, 5) is 11.6. The Hall–Kier alpha value is -2.04. The van der Waals surface area contributed by atoms with Gasteiger partial charge >= 0.3 is 0 Å². The van der Waals surface area contributed by atoms with E-state index in [0.717, 1.165) is 12.8 Å². The van der Waals surface area contributed by atoms with Crippen molar-refractivity contribution in [3.05, 3.63) is 24.3 Å². The van der Waals surface area contributed by atoms with Gasteiger partial charge in [-0.1, -0.05) is 26.0 Å². The Morgan fingerprint density at radius 2 is 1.95 bits per heavy atom. The average Bonchev–Trinajstić information content (AvgIpc) is 2.49. The number of hydrogen-bond acceptors (Lipinski definition) is 4. The van der Waals surface area contributed by atoms with Crippen LogP contribution in [0.15, 0.2) is 29.4 Å². The summed E-state index contributed by atoms with van der Waals surface area (Å²) in [6, 6.07) is 7.19. The van der Waals surface area contributed by atoms with Gasteiger partial charge in [-0.25, -0.2) is 5.43 Å². The van der Waals surface area contributed by atoms with Gasteiger partial charge < -0.3 is 9.47 Å². The van der Waals surface area contributed by atoms with Gasteiger partial charge in [-0.05, 0) is 30.9 Å². The summed E-state index contributed by atoms with van der Waals surface area (Å²) in [6.45, 7) is 4.08. The zero-order valence-corrected chi connectivity index (χ0v) is 12.3. The van der Waals surface area contributed by atoms with Crippen molar-refractivity contribution in [3.63, 3.8) is 0 Å². The van der Waals surface area contributed by atoms with Crippen LogP contribution >= 0.6 is 0 Å². The molecule has 1 aromatic carbocycles. The highest BCUT2D eigenvalue weighted by atomic mass is 16.5. The van der Waals surface area contributed by atoms with Crippen molar-refractivity contribution in [2.75, 3.05) is 13.7 Å². The second kappa shape index (κ2) is 8.96. The summed E-state index contributed by atoms with van der Waals surface area (Å²) >= 11 is 0. The highest BCUT2D eigenvalue weighted by Gasteiger charge is 2.06. The second-order valence-electron chi connectivity index (χ2n) is 4.33. The fraction of sp³-hybridized carbons (Fsp3) is 0.467. The molecule has 0 aliphatic rings. The number of ether oxygens (including phenoxy) is 2. The van der Waals surface area contributed by atoms with Crippen LogP contribution in [0.5, 0.6) is 11.5 Å². The van der Waals surface area contributed by atoms with Crippen molar-refractivity contribution in [2.24, 2.45) is 11.0 Å². The minimum absolute atomic E-state index is 0.0966. The van der Waals surface area contributed by atoms with Crippen LogP contribution in [0.2, 0.25) is 0 Å². The van der Waals surface area contributed by atoms with Crippen molar-refractivity contribution >= 4 is 12.1 Å². The predicted molar refractivity (Wildman–Crippen MR) is 79.2 cm³/mol. The van der Waals surface area contributed by atoms with Crippen LogP contribution in [0.3, 0.4) is 0 Å². The van der Waals surface area contributed by atoms with E-state index < -0.39 is 0 Å². The zero-order valence-electron chi connectivity index (χ0n) is 12.3. The zero-order chi connectivity index (χ0) is 14.8. The molecule has 1 amide bonds. The first-order valence-electron chi connectivity index (χ1n) is 6.79. The highest BCUT2D eigenvalue weighted by Crippen LogP contribution is 2.25. The Balaban J connectivity index is 2.40. The van der Waals surface area contributed by atoms with E-state index in [2.05, 4.69) is 24.4 Å². The molecule has 0 aromatic heterocycles. The quantitative estimate of drug-likeness (QED) is 0.587. The maximum atomic E-state index is 11.6. The van der Waals surface area contributed by atoms with E-state index in [0.29, 0.717) is 17.4 Å². The normalized spacial score (nSPS) is 10.8. The average molecular weight is 278 g/mol. The van der Waals surface area contributed by atoms with Crippen molar-refractivity contribution in [1.29, 1.82) is 0 Å². The van der Waals surface area contributed by atoms with E-state index in [1.54, 1.807) is 25.5 Å². The van der Waals surface area contributed by atoms with Crippen molar-refractivity contribution in [3.8, 4) is 11.5 Å². The maximum Gasteiger partial charge on any atom is 0.277 e. The van der Waals surface area contributed by atoms with E-state index in [1.165, 1.54) is 0 Å². The van der Waals surface area contributed by atoms with E-state index >= 15 is 0 Å². The summed E-state index contributed by atoms with van der Waals surface area (Å²) in [5.41, 5.74) is 2.45. The van der Waals surface area contributed by atoms with Gasteiger partial charge in [0.05, 0.1) is 7.11 Å². The number of carbonyl (C=O) groups excluding carboxylic acids is 1. The monoisotopic (exact) mass is 278 g/mol. The van der Waals surface area contributed by atoms with E-state index in [9.17, 15) is 4.79 Å². The Morgan fingerprint density at radius 1 is 1.30 bits per heavy atom. The minimum Gasteiger partial charge on any atom is -0.493 e. The van der Waals surface area contributed by atoms with Crippen LogP contribution in [-0.4, -0.2) is 25.8 Å². The minimum atomic E-state index is -0.293. The molecule has 0 bridgehead atoms. The number of methoxy groups -OCH3 is 1. The molecule has 0 saturated heterocycles. The molecule has 1 aromatic rings. The van der Waals surface area contributed by atoms with E-state index in [-0.39, 0.29) is 12.5 Å². The molecule has 0 saturated carbocycles. The van der Waals surface area contributed by atoms with Crippen LogP contribution in [0.4, 0.5) is 0 Å². The molecule has 5 nitrogen and oxygen atoms in total. The van der Waals surface area contributed by atoms with Gasteiger partial charge in [0.2, 0.25) is 0 Å². The van der Waals surface area contributed by atoms with Crippen LogP contribution in [-0.2, 0) is 4.79 Å². The molecule has 0 aliphatic carbocycles. The van der Waals surface area contributed by atoms with Gasteiger partial charge in [-0.2, -0.15) is 5.10 Å². The summed E-state index contributed by atoms with van der Waals surface area (Å²) in [5, 5.41) is 3.93. The fourth-order valence-electron chi connectivity index (χ4n) is 1.63. The summed E-state index contributed by atoms with van der Waals surface area (Å²) in [7, 11) is 1.56. The van der Waals surface area contributed by atoms with Crippen molar-refractivity contribution < 1.29 is 14.3 Å². The molecule has 20 heavy (non-hydrogen) atoms. The molecule has 0 fully saturated rings. The number of carbonyl (C=O) groups is 1. The molecule has 0 heterocycles. The van der Waals surface area contributed by atoms with Gasteiger partial charge in [-0.3, -0.25) is 4.79 Å². The SMILES string of the molecule is CCC(C=NNC(=O)COc1ccccc1OC)CC. The third kappa shape index (κ3) is 5.30. The Labute approximate surface area is 120 Å². The molecule has 0 spiro atoms. The lowest BCUT2D eigenvalue weighted by Crippen LogP contribution is -2.25. The van der Waals surface area contributed by atoms with E-state index in [4.69, 9.17) is 9.47 Å². The Kier molecular flexibility index (Phi) is 7.17. The molecular formula is C15H22N2O3. The largest absolute Gasteiger partial charge is 0.493 e.